The number of halogens is 2. The third-order valence-corrected chi connectivity index (χ3v) is 3.40. The summed E-state index contributed by atoms with van der Waals surface area (Å²) in [7, 11) is 0. The van der Waals surface area contributed by atoms with Crippen molar-refractivity contribution < 1.29 is 0 Å². The van der Waals surface area contributed by atoms with E-state index in [9.17, 15) is 0 Å². The van der Waals surface area contributed by atoms with Crippen LogP contribution >= 0.6 is 34.7 Å². The van der Waals surface area contributed by atoms with Crippen LogP contribution < -0.4 is 11.1 Å². The van der Waals surface area contributed by atoms with E-state index < -0.39 is 0 Å². The first-order chi connectivity index (χ1) is 8.15. The van der Waals surface area contributed by atoms with Crippen LogP contribution in [-0.4, -0.2) is 15.9 Å². The smallest absolute Gasteiger partial charge is 0.233 e. The minimum Gasteiger partial charge on any atom is -0.367 e. The molecule has 0 aliphatic carbocycles. The monoisotopic (exact) mass is 288 g/mol. The van der Waals surface area contributed by atoms with Crippen LogP contribution in [0.3, 0.4) is 0 Å². The molecule has 0 spiro atoms. The van der Waals surface area contributed by atoms with Gasteiger partial charge in [-0.1, -0.05) is 29.3 Å². The predicted molar refractivity (Wildman–Crippen MR) is 73.0 cm³/mol. The van der Waals surface area contributed by atoms with Gasteiger partial charge in [0.1, 0.15) is 0 Å². The summed E-state index contributed by atoms with van der Waals surface area (Å²) in [4.78, 5) is 4.00. The lowest BCUT2D eigenvalue weighted by Gasteiger charge is -2.05. The van der Waals surface area contributed by atoms with Crippen molar-refractivity contribution in [1.29, 1.82) is 0 Å². The van der Waals surface area contributed by atoms with Gasteiger partial charge in [-0.25, -0.2) is 0 Å². The van der Waals surface area contributed by atoms with Gasteiger partial charge in [0.05, 0.1) is 0 Å². The Kier molecular flexibility index (Phi) is 4.04. The summed E-state index contributed by atoms with van der Waals surface area (Å²) in [6.07, 6.45) is 0.787. The molecule has 0 atom stereocenters. The van der Waals surface area contributed by atoms with Crippen molar-refractivity contribution >= 4 is 45.8 Å². The quantitative estimate of drug-likeness (QED) is 0.908. The van der Waals surface area contributed by atoms with Crippen LogP contribution in [0.15, 0.2) is 18.2 Å². The van der Waals surface area contributed by atoms with E-state index in [1.165, 1.54) is 11.5 Å². The number of benzene rings is 1. The Balaban J connectivity index is 1.90. The van der Waals surface area contributed by atoms with E-state index in [1.54, 1.807) is 6.07 Å². The van der Waals surface area contributed by atoms with Crippen LogP contribution in [0.25, 0.3) is 0 Å². The zero-order valence-corrected chi connectivity index (χ0v) is 11.1. The number of rotatable bonds is 4. The Morgan fingerprint density at radius 3 is 2.82 bits per heavy atom. The number of hydrogen-bond donors (Lipinski definition) is 2. The van der Waals surface area contributed by atoms with Crippen molar-refractivity contribution in [3.63, 3.8) is 0 Å². The van der Waals surface area contributed by atoms with E-state index in [4.69, 9.17) is 28.9 Å². The Bertz CT molecular complexity index is 515. The summed E-state index contributed by atoms with van der Waals surface area (Å²) in [6.45, 7) is 0.718. The molecular weight excluding hydrogens is 279 g/mol. The van der Waals surface area contributed by atoms with Crippen molar-refractivity contribution in [2.45, 2.75) is 6.42 Å². The lowest BCUT2D eigenvalue weighted by Crippen LogP contribution is -2.05. The molecule has 0 radical (unpaired) electrons. The number of nitrogens with one attached hydrogen (secondary N) is 1. The van der Waals surface area contributed by atoms with Crippen LogP contribution in [0, 0.1) is 0 Å². The fourth-order valence-corrected chi connectivity index (χ4v) is 2.36. The second kappa shape index (κ2) is 5.53. The van der Waals surface area contributed by atoms with E-state index in [0.29, 0.717) is 21.1 Å². The minimum absolute atomic E-state index is 0.294. The van der Waals surface area contributed by atoms with Crippen molar-refractivity contribution in [2.24, 2.45) is 0 Å². The highest BCUT2D eigenvalue weighted by molar-refractivity contribution is 7.09. The van der Waals surface area contributed by atoms with Gasteiger partial charge in [0.2, 0.25) is 11.1 Å². The zero-order valence-electron chi connectivity index (χ0n) is 8.78. The lowest BCUT2D eigenvalue weighted by molar-refractivity contribution is 1.02. The van der Waals surface area contributed by atoms with Crippen LogP contribution in [0.1, 0.15) is 5.56 Å². The van der Waals surface area contributed by atoms with E-state index in [-0.39, 0.29) is 0 Å². The van der Waals surface area contributed by atoms with Gasteiger partial charge >= 0.3 is 0 Å². The van der Waals surface area contributed by atoms with Gasteiger partial charge < -0.3 is 11.1 Å². The van der Waals surface area contributed by atoms with E-state index >= 15 is 0 Å². The maximum Gasteiger partial charge on any atom is 0.233 e. The molecule has 4 nitrogen and oxygen atoms in total. The summed E-state index contributed by atoms with van der Waals surface area (Å²) < 4.78 is 3.87. The largest absolute Gasteiger partial charge is 0.367 e. The topological polar surface area (TPSA) is 63.8 Å². The molecule has 90 valence electrons. The Labute approximate surface area is 113 Å². The summed E-state index contributed by atoms with van der Waals surface area (Å²) in [5.41, 5.74) is 6.46. The molecule has 7 heteroatoms. The molecule has 1 heterocycles. The molecule has 0 aliphatic heterocycles. The minimum atomic E-state index is 0.294. The van der Waals surface area contributed by atoms with Gasteiger partial charge in [-0.05, 0) is 24.1 Å². The number of anilines is 2. The van der Waals surface area contributed by atoms with Gasteiger partial charge in [0.25, 0.3) is 0 Å². The average molecular weight is 289 g/mol. The standard InChI is InChI=1S/C10H10Cl2N4S/c11-7-2-1-6(8(12)5-7)3-4-14-10-15-9(13)16-17-10/h1-2,5H,3-4H2,(H3,13,14,15,16). The van der Waals surface area contributed by atoms with Crippen LogP contribution in [0.5, 0.6) is 0 Å². The molecule has 17 heavy (non-hydrogen) atoms. The van der Waals surface area contributed by atoms with Crippen LogP contribution in [0.4, 0.5) is 11.1 Å². The third kappa shape index (κ3) is 3.46. The molecule has 1 aromatic carbocycles. The van der Waals surface area contributed by atoms with E-state index in [0.717, 1.165) is 18.5 Å². The van der Waals surface area contributed by atoms with Crippen LogP contribution in [0.2, 0.25) is 10.0 Å². The molecule has 0 fully saturated rings. The molecule has 0 unspecified atom stereocenters. The fourth-order valence-electron chi connectivity index (χ4n) is 1.34. The lowest BCUT2D eigenvalue weighted by atomic mass is 10.1. The number of hydrogen-bond acceptors (Lipinski definition) is 5. The third-order valence-electron chi connectivity index (χ3n) is 2.13. The maximum absolute atomic E-state index is 6.06. The Morgan fingerprint density at radius 1 is 1.35 bits per heavy atom. The van der Waals surface area contributed by atoms with Gasteiger partial charge in [0.15, 0.2) is 0 Å². The molecule has 0 aliphatic rings. The normalized spacial score (nSPS) is 10.5. The van der Waals surface area contributed by atoms with Crippen molar-refractivity contribution in [3.8, 4) is 0 Å². The fraction of sp³-hybridized carbons (Fsp3) is 0.200. The highest BCUT2D eigenvalue weighted by Crippen LogP contribution is 2.21. The first-order valence-electron chi connectivity index (χ1n) is 4.92. The molecule has 0 bridgehead atoms. The second-order valence-corrected chi connectivity index (χ2v) is 4.97. The highest BCUT2D eigenvalue weighted by Gasteiger charge is 2.03. The molecule has 0 saturated heterocycles. The molecule has 0 saturated carbocycles. The number of nitrogens with zero attached hydrogens (tertiary/aromatic N) is 2. The molecule has 2 aromatic rings. The summed E-state index contributed by atoms with van der Waals surface area (Å²) in [5.74, 6) is 0.294. The average Bonchev–Trinajstić information content (AvgIpc) is 2.68. The predicted octanol–water partition coefficient (Wildman–Crippen LogP) is 3.08. The first kappa shape index (κ1) is 12.4. The van der Waals surface area contributed by atoms with E-state index in [2.05, 4.69) is 14.7 Å². The van der Waals surface area contributed by atoms with Crippen molar-refractivity contribution in [1.82, 2.24) is 9.36 Å². The van der Waals surface area contributed by atoms with Gasteiger partial charge in [-0.2, -0.15) is 9.36 Å². The summed E-state index contributed by atoms with van der Waals surface area (Å²) in [5, 5.41) is 5.16. The van der Waals surface area contributed by atoms with Crippen LogP contribution in [-0.2, 0) is 6.42 Å². The number of aromatic nitrogens is 2. The molecule has 2 rings (SSSR count). The summed E-state index contributed by atoms with van der Waals surface area (Å²) in [6, 6.07) is 5.48. The van der Waals surface area contributed by atoms with Gasteiger partial charge in [-0.3, -0.25) is 0 Å². The summed E-state index contributed by atoms with van der Waals surface area (Å²) >= 11 is 13.1. The SMILES string of the molecule is Nc1nsc(NCCc2ccc(Cl)cc2Cl)n1. The zero-order chi connectivity index (χ0) is 12.3. The molecular formula is C10H10Cl2N4S. The van der Waals surface area contributed by atoms with Gasteiger partial charge in [0, 0.05) is 28.1 Å². The van der Waals surface area contributed by atoms with Crippen molar-refractivity contribution in [3.05, 3.63) is 33.8 Å². The second-order valence-electron chi connectivity index (χ2n) is 3.37. The Hall–Kier alpha value is -1.04. The Morgan fingerprint density at radius 2 is 2.18 bits per heavy atom. The number of nitrogens with two attached hydrogens (primary N) is 1. The number of nitrogen functional groups attached to an aromatic ring is 1. The molecule has 3 N–H and O–H groups in total. The van der Waals surface area contributed by atoms with Gasteiger partial charge in [-0.15, -0.1) is 0 Å². The van der Waals surface area contributed by atoms with E-state index in [1.807, 2.05) is 12.1 Å². The molecule has 0 amide bonds. The van der Waals surface area contributed by atoms with Crippen molar-refractivity contribution in [2.75, 3.05) is 17.6 Å². The maximum atomic E-state index is 6.06. The molecule has 1 aromatic heterocycles. The first-order valence-corrected chi connectivity index (χ1v) is 6.45. The highest BCUT2D eigenvalue weighted by atomic mass is 35.5.